The first-order chi connectivity index (χ1) is 12.0. The van der Waals surface area contributed by atoms with Crippen LogP contribution in [0, 0.1) is 15.9 Å². The number of aromatic nitrogens is 2. The molecular weight excluding hydrogens is 327 g/mol. The van der Waals surface area contributed by atoms with Crippen LogP contribution in [0.15, 0.2) is 60.9 Å². The van der Waals surface area contributed by atoms with Crippen LogP contribution < -0.4 is 5.32 Å². The Labute approximate surface area is 141 Å². The molecule has 1 N–H and O–H groups in total. The molecule has 8 heteroatoms. The van der Waals surface area contributed by atoms with E-state index in [-0.39, 0.29) is 11.5 Å². The molecule has 0 radical (unpaired) electrons. The van der Waals surface area contributed by atoms with E-state index in [4.69, 9.17) is 0 Å². The Morgan fingerprint density at radius 2 is 2.00 bits per heavy atom. The summed E-state index contributed by atoms with van der Waals surface area (Å²) < 4.78 is 14.8. The molecule has 25 heavy (non-hydrogen) atoms. The number of hydrogen-bond donors (Lipinski definition) is 1. The minimum Gasteiger partial charge on any atom is -0.319 e. The first-order valence-electron chi connectivity index (χ1n) is 7.34. The third kappa shape index (κ3) is 4.05. The minimum atomic E-state index is -0.530. The Hall–Kier alpha value is -3.55. The fourth-order valence-electron chi connectivity index (χ4n) is 2.27. The lowest BCUT2D eigenvalue weighted by Crippen LogP contribution is -2.11. The van der Waals surface area contributed by atoms with Crippen LogP contribution in [0.25, 0.3) is 0 Å². The number of benzene rings is 2. The maximum absolute atomic E-state index is 13.2. The van der Waals surface area contributed by atoms with Gasteiger partial charge in [-0.2, -0.15) is 5.10 Å². The van der Waals surface area contributed by atoms with E-state index in [1.54, 1.807) is 23.0 Å². The summed E-state index contributed by atoms with van der Waals surface area (Å²) in [7, 11) is 0. The number of anilines is 1. The molecule has 0 atom stereocenters. The molecule has 3 rings (SSSR count). The van der Waals surface area contributed by atoms with Gasteiger partial charge in [0.25, 0.3) is 11.6 Å². The number of nitrogens with one attached hydrogen (secondary N) is 1. The first kappa shape index (κ1) is 16.3. The van der Waals surface area contributed by atoms with E-state index in [1.807, 2.05) is 0 Å². The molecule has 126 valence electrons. The van der Waals surface area contributed by atoms with Gasteiger partial charge in [-0.25, -0.2) is 4.39 Å². The van der Waals surface area contributed by atoms with E-state index in [1.165, 1.54) is 42.6 Å². The first-order valence-corrected chi connectivity index (χ1v) is 7.34. The summed E-state index contributed by atoms with van der Waals surface area (Å²) in [5.74, 6) is -0.725. The standard InChI is InChI=1S/C17H13FN4O3/c18-14-3-1-2-12(8-14)10-21-11-15(9-19-21)20-17(23)13-4-6-16(7-5-13)22(24)25/h1-9,11H,10H2,(H,20,23). The second-order valence-electron chi connectivity index (χ2n) is 5.31. The molecule has 0 aliphatic heterocycles. The number of non-ortho nitro benzene ring substituents is 1. The van der Waals surface area contributed by atoms with E-state index in [9.17, 15) is 19.3 Å². The van der Waals surface area contributed by atoms with E-state index in [0.29, 0.717) is 17.8 Å². The van der Waals surface area contributed by atoms with Crippen LogP contribution in [-0.4, -0.2) is 20.6 Å². The van der Waals surface area contributed by atoms with Crippen LogP contribution in [0.2, 0.25) is 0 Å². The average Bonchev–Trinajstić information content (AvgIpc) is 3.01. The summed E-state index contributed by atoms with van der Waals surface area (Å²) >= 11 is 0. The SMILES string of the molecule is O=C(Nc1cnn(Cc2cccc(F)c2)c1)c1ccc([N+](=O)[O-])cc1. The predicted octanol–water partition coefficient (Wildman–Crippen LogP) is 3.23. The topological polar surface area (TPSA) is 90.1 Å². The van der Waals surface area contributed by atoms with Crippen molar-refractivity contribution < 1.29 is 14.1 Å². The summed E-state index contributed by atoms with van der Waals surface area (Å²) in [4.78, 5) is 22.2. The molecule has 2 aromatic carbocycles. The van der Waals surface area contributed by atoms with Gasteiger partial charge in [0.05, 0.1) is 23.4 Å². The largest absolute Gasteiger partial charge is 0.319 e. The van der Waals surface area contributed by atoms with Crippen LogP contribution in [0.1, 0.15) is 15.9 Å². The number of nitrogens with zero attached hydrogens (tertiary/aromatic N) is 3. The molecule has 1 amide bonds. The van der Waals surface area contributed by atoms with E-state index < -0.39 is 10.8 Å². The van der Waals surface area contributed by atoms with Crippen molar-refractivity contribution in [2.24, 2.45) is 0 Å². The predicted molar refractivity (Wildman–Crippen MR) is 88.8 cm³/mol. The number of amides is 1. The minimum absolute atomic E-state index is 0.0838. The molecule has 0 bridgehead atoms. The molecule has 1 heterocycles. The molecule has 0 spiro atoms. The number of nitro benzene ring substituents is 1. The number of halogens is 1. The highest BCUT2D eigenvalue weighted by Crippen LogP contribution is 2.14. The molecular formula is C17H13FN4O3. The molecule has 0 fully saturated rings. The average molecular weight is 340 g/mol. The number of carbonyl (C=O) groups excluding carboxylic acids is 1. The fraction of sp³-hybridized carbons (Fsp3) is 0.0588. The van der Waals surface area contributed by atoms with Crippen molar-refractivity contribution in [1.29, 1.82) is 0 Å². The van der Waals surface area contributed by atoms with Gasteiger partial charge in [-0.1, -0.05) is 12.1 Å². The van der Waals surface area contributed by atoms with Gasteiger partial charge in [0, 0.05) is 23.9 Å². The highest BCUT2D eigenvalue weighted by atomic mass is 19.1. The molecule has 0 saturated carbocycles. The maximum atomic E-state index is 13.2. The third-order valence-corrected chi connectivity index (χ3v) is 3.47. The summed E-state index contributed by atoms with van der Waals surface area (Å²) in [6.45, 7) is 0.366. The van der Waals surface area contributed by atoms with Gasteiger partial charge in [-0.15, -0.1) is 0 Å². The number of hydrogen-bond acceptors (Lipinski definition) is 4. The number of nitro groups is 1. The zero-order valence-electron chi connectivity index (χ0n) is 12.9. The fourth-order valence-corrected chi connectivity index (χ4v) is 2.27. The Kier molecular flexibility index (Phi) is 4.51. The quantitative estimate of drug-likeness (QED) is 0.570. The van der Waals surface area contributed by atoms with Gasteiger partial charge < -0.3 is 5.32 Å². The van der Waals surface area contributed by atoms with Gasteiger partial charge in [-0.3, -0.25) is 19.6 Å². The third-order valence-electron chi connectivity index (χ3n) is 3.47. The van der Waals surface area contributed by atoms with Crippen molar-refractivity contribution in [2.45, 2.75) is 6.54 Å². The van der Waals surface area contributed by atoms with Crippen molar-refractivity contribution in [3.8, 4) is 0 Å². The van der Waals surface area contributed by atoms with Gasteiger partial charge in [0.2, 0.25) is 0 Å². The second-order valence-corrected chi connectivity index (χ2v) is 5.31. The van der Waals surface area contributed by atoms with Crippen LogP contribution in [-0.2, 0) is 6.54 Å². The highest BCUT2D eigenvalue weighted by Gasteiger charge is 2.10. The maximum Gasteiger partial charge on any atom is 0.269 e. The zero-order valence-corrected chi connectivity index (χ0v) is 12.9. The zero-order chi connectivity index (χ0) is 17.8. The Morgan fingerprint density at radius 1 is 1.24 bits per heavy atom. The van der Waals surface area contributed by atoms with Crippen molar-refractivity contribution in [3.05, 3.63) is 88.0 Å². The van der Waals surface area contributed by atoms with Crippen molar-refractivity contribution in [1.82, 2.24) is 9.78 Å². The van der Waals surface area contributed by atoms with Crippen LogP contribution in [0.4, 0.5) is 15.8 Å². The van der Waals surface area contributed by atoms with E-state index >= 15 is 0 Å². The van der Waals surface area contributed by atoms with Crippen LogP contribution in [0.5, 0.6) is 0 Å². The van der Waals surface area contributed by atoms with Gasteiger partial charge in [-0.05, 0) is 29.8 Å². The molecule has 0 aliphatic carbocycles. The van der Waals surface area contributed by atoms with Crippen molar-refractivity contribution in [2.75, 3.05) is 5.32 Å². The van der Waals surface area contributed by atoms with Crippen molar-refractivity contribution >= 4 is 17.3 Å². The highest BCUT2D eigenvalue weighted by molar-refractivity contribution is 6.04. The summed E-state index contributed by atoms with van der Waals surface area (Å²) in [6.07, 6.45) is 3.09. The Morgan fingerprint density at radius 3 is 2.68 bits per heavy atom. The second kappa shape index (κ2) is 6.91. The smallest absolute Gasteiger partial charge is 0.269 e. The monoisotopic (exact) mass is 340 g/mol. The Bertz CT molecular complexity index is 922. The van der Waals surface area contributed by atoms with Crippen LogP contribution >= 0.6 is 0 Å². The molecule has 0 aliphatic rings. The molecule has 3 aromatic rings. The molecule has 7 nitrogen and oxygen atoms in total. The summed E-state index contributed by atoms with van der Waals surface area (Å²) in [5.41, 5.74) is 1.43. The van der Waals surface area contributed by atoms with Gasteiger partial charge in [0.15, 0.2) is 0 Å². The van der Waals surface area contributed by atoms with Crippen molar-refractivity contribution in [3.63, 3.8) is 0 Å². The molecule has 0 saturated heterocycles. The lowest BCUT2D eigenvalue weighted by molar-refractivity contribution is -0.384. The van der Waals surface area contributed by atoms with E-state index in [0.717, 1.165) is 5.56 Å². The number of carbonyl (C=O) groups is 1. The summed E-state index contributed by atoms with van der Waals surface area (Å²) in [5, 5.41) is 17.4. The molecule has 1 aromatic heterocycles. The normalized spacial score (nSPS) is 10.4. The van der Waals surface area contributed by atoms with Gasteiger partial charge in [0.1, 0.15) is 5.82 Å². The lowest BCUT2D eigenvalue weighted by atomic mass is 10.2. The number of rotatable bonds is 5. The van der Waals surface area contributed by atoms with Gasteiger partial charge >= 0.3 is 0 Å². The van der Waals surface area contributed by atoms with Crippen LogP contribution in [0.3, 0.4) is 0 Å². The lowest BCUT2D eigenvalue weighted by Gasteiger charge is -2.03. The molecule has 0 unspecified atom stereocenters. The Balaban J connectivity index is 1.66. The van der Waals surface area contributed by atoms with E-state index in [2.05, 4.69) is 10.4 Å². The summed E-state index contributed by atoms with van der Waals surface area (Å²) in [6, 6.07) is 11.5.